The second-order valence-electron chi connectivity index (χ2n) is 3.87. The highest BCUT2D eigenvalue weighted by atomic mass is 16.3. The van der Waals surface area contributed by atoms with E-state index >= 15 is 0 Å². The van der Waals surface area contributed by atoms with Crippen LogP contribution in [0, 0.1) is 71.0 Å². The minimum Gasteiger partial charge on any atom is -0.379 e. The van der Waals surface area contributed by atoms with Crippen molar-refractivity contribution in [2.24, 2.45) is 0 Å². The molecule has 0 saturated heterocycles. The lowest BCUT2D eigenvalue weighted by atomic mass is 10.2. The number of rotatable bonds is 0. The van der Waals surface area contributed by atoms with E-state index in [1.54, 1.807) is 0 Å². The fraction of sp³-hybridized carbons (Fsp3) is 0.333. The monoisotopic (exact) mass is 276 g/mol. The summed E-state index contributed by atoms with van der Waals surface area (Å²) >= 11 is 0. The Kier molecular flexibility index (Phi) is 7.82. The predicted molar refractivity (Wildman–Crippen MR) is 78.5 cm³/mol. The molecule has 0 heterocycles. The molecule has 21 heavy (non-hydrogen) atoms. The first kappa shape index (κ1) is 16.3. The van der Waals surface area contributed by atoms with Gasteiger partial charge >= 0.3 is 0 Å². The van der Waals surface area contributed by atoms with E-state index in [4.69, 9.17) is 0 Å². The van der Waals surface area contributed by atoms with Crippen molar-refractivity contribution in [2.45, 2.75) is 37.6 Å². The molecule has 0 aliphatic heterocycles. The smallest absolute Gasteiger partial charge is 0.126 e. The predicted octanol–water partition coefficient (Wildman–Crippen LogP) is -0.727. The lowest BCUT2D eigenvalue weighted by Gasteiger charge is -1.93. The van der Waals surface area contributed by atoms with Crippen molar-refractivity contribution < 1.29 is 15.3 Å². The van der Waals surface area contributed by atoms with Gasteiger partial charge in [-0.05, 0) is 35.5 Å². The summed E-state index contributed by atoms with van der Waals surface area (Å²) in [5.74, 6) is 30.4. The van der Waals surface area contributed by atoms with Crippen LogP contribution in [-0.4, -0.2) is 33.6 Å². The van der Waals surface area contributed by atoms with E-state index < -0.39 is 18.3 Å². The summed E-state index contributed by atoms with van der Waals surface area (Å²) in [5.41, 5.74) is 0. The summed E-state index contributed by atoms with van der Waals surface area (Å²) < 4.78 is 0. The molecule has 0 fully saturated rings. The number of hydrogen-bond acceptors (Lipinski definition) is 3. The SMILES string of the molecule is OC1C#CC#CCC(O)C#CC#CCC(O)C#CC#CC1. The fourth-order valence-electron chi connectivity index (χ4n) is 1.09. The second-order valence-corrected chi connectivity index (χ2v) is 3.87. The third kappa shape index (κ3) is 8.88. The molecule has 3 unspecified atom stereocenters. The van der Waals surface area contributed by atoms with Gasteiger partial charge in [-0.25, -0.2) is 0 Å². The van der Waals surface area contributed by atoms with Gasteiger partial charge in [-0.3, -0.25) is 0 Å². The molecule has 1 rings (SSSR count). The van der Waals surface area contributed by atoms with Crippen LogP contribution in [0.5, 0.6) is 0 Å². The Hall–Kier alpha value is -2.76. The Morgan fingerprint density at radius 1 is 0.476 bits per heavy atom. The molecular formula is C18H12O3. The first-order valence-corrected chi connectivity index (χ1v) is 6.18. The van der Waals surface area contributed by atoms with Crippen LogP contribution in [0.25, 0.3) is 0 Å². The third-order valence-electron chi connectivity index (χ3n) is 2.06. The Labute approximate surface area is 124 Å². The molecule has 3 heteroatoms. The van der Waals surface area contributed by atoms with E-state index in [-0.39, 0.29) is 19.3 Å². The van der Waals surface area contributed by atoms with Crippen molar-refractivity contribution >= 4 is 0 Å². The zero-order chi connectivity index (χ0) is 15.3. The normalized spacial score (nSPS) is 23.9. The highest BCUT2D eigenvalue weighted by Crippen LogP contribution is 1.89. The first-order valence-electron chi connectivity index (χ1n) is 6.18. The molecule has 3 nitrogen and oxygen atoms in total. The molecule has 3 atom stereocenters. The molecule has 0 spiro atoms. The number of aliphatic hydroxyl groups is 3. The summed E-state index contributed by atoms with van der Waals surface area (Å²) in [5, 5.41) is 28.4. The maximum Gasteiger partial charge on any atom is 0.126 e. The van der Waals surface area contributed by atoms with Gasteiger partial charge in [0.15, 0.2) is 0 Å². The number of hydrogen-bond donors (Lipinski definition) is 3. The second kappa shape index (κ2) is 10.1. The lowest BCUT2D eigenvalue weighted by molar-refractivity contribution is 0.238. The molecule has 0 aromatic carbocycles. The molecule has 0 radical (unpaired) electrons. The van der Waals surface area contributed by atoms with E-state index in [0.29, 0.717) is 0 Å². The molecule has 0 aromatic heterocycles. The van der Waals surface area contributed by atoms with Gasteiger partial charge in [-0.1, -0.05) is 35.5 Å². The Morgan fingerprint density at radius 2 is 0.762 bits per heavy atom. The van der Waals surface area contributed by atoms with Gasteiger partial charge in [-0.15, -0.1) is 0 Å². The van der Waals surface area contributed by atoms with Crippen molar-refractivity contribution in [1.82, 2.24) is 0 Å². The minimum atomic E-state index is -0.909. The van der Waals surface area contributed by atoms with Crippen molar-refractivity contribution in [1.29, 1.82) is 0 Å². The third-order valence-corrected chi connectivity index (χ3v) is 2.06. The van der Waals surface area contributed by atoms with Gasteiger partial charge in [0.05, 0.1) is 0 Å². The van der Waals surface area contributed by atoms with E-state index in [2.05, 4.69) is 71.0 Å². The molecule has 0 amide bonds. The van der Waals surface area contributed by atoms with Gasteiger partial charge in [0.2, 0.25) is 0 Å². The molecule has 3 N–H and O–H groups in total. The van der Waals surface area contributed by atoms with Crippen molar-refractivity contribution in [3.63, 3.8) is 0 Å². The molecule has 102 valence electrons. The summed E-state index contributed by atoms with van der Waals surface area (Å²) in [6, 6.07) is 0. The van der Waals surface area contributed by atoms with E-state index in [1.165, 1.54) is 0 Å². The van der Waals surface area contributed by atoms with Crippen LogP contribution in [0.15, 0.2) is 0 Å². The lowest BCUT2D eigenvalue weighted by Crippen LogP contribution is -2.01. The quantitative estimate of drug-likeness (QED) is 0.511. The molecule has 0 saturated carbocycles. The van der Waals surface area contributed by atoms with Gasteiger partial charge in [0.25, 0.3) is 0 Å². The van der Waals surface area contributed by atoms with Crippen LogP contribution >= 0.6 is 0 Å². The topological polar surface area (TPSA) is 60.7 Å². The van der Waals surface area contributed by atoms with E-state index in [1.807, 2.05) is 0 Å². The van der Waals surface area contributed by atoms with E-state index in [0.717, 1.165) is 0 Å². The van der Waals surface area contributed by atoms with Gasteiger partial charge in [0, 0.05) is 19.3 Å². The van der Waals surface area contributed by atoms with Crippen molar-refractivity contribution in [3.05, 3.63) is 0 Å². The molecule has 1 aliphatic carbocycles. The van der Waals surface area contributed by atoms with Crippen LogP contribution in [-0.2, 0) is 0 Å². The van der Waals surface area contributed by atoms with Crippen LogP contribution in [0.4, 0.5) is 0 Å². The maximum absolute atomic E-state index is 9.47. The fourth-order valence-corrected chi connectivity index (χ4v) is 1.09. The molecule has 1 aliphatic rings. The van der Waals surface area contributed by atoms with Crippen LogP contribution in [0.1, 0.15) is 19.3 Å². The van der Waals surface area contributed by atoms with Crippen LogP contribution < -0.4 is 0 Å². The Balaban J connectivity index is 2.84. The summed E-state index contributed by atoms with van der Waals surface area (Å²) in [6.45, 7) is 0. The molecular weight excluding hydrogens is 264 g/mol. The molecule has 0 aromatic rings. The van der Waals surface area contributed by atoms with Gasteiger partial charge in [0.1, 0.15) is 18.3 Å². The first-order chi connectivity index (χ1) is 10.2. The zero-order valence-corrected chi connectivity index (χ0v) is 11.2. The maximum atomic E-state index is 9.47. The largest absolute Gasteiger partial charge is 0.379 e. The summed E-state index contributed by atoms with van der Waals surface area (Å²) in [7, 11) is 0. The number of aliphatic hydroxyl groups excluding tert-OH is 3. The van der Waals surface area contributed by atoms with Gasteiger partial charge in [-0.2, -0.15) is 0 Å². The van der Waals surface area contributed by atoms with Crippen LogP contribution in [0.2, 0.25) is 0 Å². The Bertz CT molecular complexity index is 620. The van der Waals surface area contributed by atoms with Crippen LogP contribution in [0.3, 0.4) is 0 Å². The van der Waals surface area contributed by atoms with Gasteiger partial charge < -0.3 is 15.3 Å². The average Bonchev–Trinajstić information content (AvgIpc) is 2.45. The zero-order valence-electron chi connectivity index (χ0n) is 11.2. The average molecular weight is 276 g/mol. The van der Waals surface area contributed by atoms with E-state index in [9.17, 15) is 15.3 Å². The summed E-state index contributed by atoms with van der Waals surface area (Å²) in [4.78, 5) is 0. The highest BCUT2D eigenvalue weighted by molar-refractivity contribution is 5.33. The van der Waals surface area contributed by atoms with Crippen molar-refractivity contribution in [3.8, 4) is 71.0 Å². The standard InChI is InChI=1S/C18H12O3/c19-16-10-4-1-5-11-17(20)13-7-3-9-15-18(21)14-8-2-6-12-16/h16-21H,10,13-14H2. The molecule has 0 bridgehead atoms. The highest BCUT2D eigenvalue weighted by Gasteiger charge is 1.95. The van der Waals surface area contributed by atoms with Crippen molar-refractivity contribution in [2.75, 3.05) is 0 Å². The summed E-state index contributed by atoms with van der Waals surface area (Å²) in [6.07, 6.45) is -2.29. The minimum absolute atomic E-state index is 0.146. The Morgan fingerprint density at radius 3 is 1.05 bits per heavy atom.